The van der Waals surface area contributed by atoms with Crippen LogP contribution < -0.4 is 5.32 Å². The van der Waals surface area contributed by atoms with Crippen molar-refractivity contribution in [2.75, 3.05) is 13.1 Å². The van der Waals surface area contributed by atoms with Crippen LogP contribution in [0.1, 0.15) is 38.4 Å². The van der Waals surface area contributed by atoms with E-state index >= 15 is 0 Å². The fourth-order valence-corrected chi connectivity index (χ4v) is 2.85. The van der Waals surface area contributed by atoms with E-state index in [1.165, 1.54) is 0 Å². The molecule has 6 heteroatoms. The van der Waals surface area contributed by atoms with Gasteiger partial charge in [-0.2, -0.15) is 0 Å². The fourth-order valence-electron chi connectivity index (χ4n) is 2.85. The third-order valence-electron chi connectivity index (χ3n) is 3.83. The van der Waals surface area contributed by atoms with E-state index in [0.717, 1.165) is 30.9 Å². The molecular weight excluding hydrogens is 266 g/mol. The summed E-state index contributed by atoms with van der Waals surface area (Å²) in [6, 6.07) is 6.06. The number of pyridine rings is 1. The lowest BCUT2D eigenvalue weighted by Gasteiger charge is -2.32. The molecule has 1 N–H and O–H groups in total. The number of rotatable bonds is 2. The number of hydrogen-bond donors (Lipinski definition) is 1. The summed E-state index contributed by atoms with van der Waals surface area (Å²) in [7, 11) is 0. The quantitative estimate of drug-likeness (QED) is 0.919. The summed E-state index contributed by atoms with van der Waals surface area (Å²) < 4.78 is 2.02. The Hall–Kier alpha value is -2.11. The molecule has 0 saturated carbocycles. The van der Waals surface area contributed by atoms with Gasteiger partial charge in [-0.15, -0.1) is 10.2 Å². The van der Waals surface area contributed by atoms with Crippen LogP contribution in [0, 0.1) is 0 Å². The Bertz CT molecular complexity index is 636. The van der Waals surface area contributed by atoms with Crippen LogP contribution in [0.2, 0.25) is 0 Å². The number of piperidine rings is 1. The zero-order valence-electron chi connectivity index (χ0n) is 12.5. The molecule has 3 rings (SSSR count). The van der Waals surface area contributed by atoms with Gasteiger partial charge in [-0.1, -0.05) is 6.07 Å². The van der Waals surface area contributed by atoms with Gasteiger partial charge in [0, 0.05) is 31.2 Å². The maximum atomic E-state index is 12.2. The number of fused-ring (bicyclic) bond motifs is 1. The molecule has 0 aromatic carbocycles. The molecule has 21 heavy (non-hydrogen) atoms. The van der Waals surface area contributed by atoms with Crippen LogP contribution in [0.5, 0.6) is 0 Å². The fraction of sp³-hybridized carbons (Fsp3) is 0.533. The molecule has 6 nitrogen and oxygen atoms in total. The highest BCUT2D eigenvalue weighted by Gasteiger charge is 2.27. The van der Waals surface area contributed by atoms with Gasteiger partial charge in [0.2, 0.25) is 0 Å². The zero-order valence-corrected chi connectivity index (χ0v) is 12.5. The van der Waals surface area contributed by atoms with E-state index < -0.39 is 0 Å². The number of likely N-dealkylation sites (tertiary alicyclic amines) is 1. The van der Waals surface area contributed by atoms with Gasteiger partial charge in [0.1, 0.15) is 5.82 Å². The highest BCUT2D eigenvalue weighted by Crippen LogP contribution is 2.26. The van der Waals surface area contributed by atoms with Crippen molar-refractivity contribution in [3.05, 3.63) is 30.2 Å². The first kappa shape index (κ1) is 13.9. The predicted octanol–water partition coefficient (Wildman–Crippen LogP) is 2.03. The molecule has 112 valence electrons. The molecule has 1 atom stereocenters. The van der Waals surface area contributed by atoms with E-state index in [1.54, 1.807) is 0 Å². The summed E-state index contributed by atoms with van der Waals surface area (Å²) in [4.78, 5) is 14.0. The molecule has 0 aliphatic carbocycles. The number of aromatic nitrogens is 3. The Morgan fingerprint density at radius 1 is 1.38 bits per heavy atom. The zero-order chi connectivity index (χ0) is 14.8. The van der Waals surface area contributed by atoms with Crippen LogP contribution in [0.15, 0.2) is 24.4 Å². The van der Waals surface area contributed by atoms with Gasteiger partial charge < -0.3 is 10.2 Å². The SMILES string of the molecule is CC(C)NC(=O)N1CCC[C@@H](c2nnc3ccccn23)C1. The average Bonchev–Trinajstić information content (AvgIpc) is 2.90. The molecule has 2 aromatic rings. The monoisotopic (exact) mass is 287 g/mol. The number of urea groups is 1. The number of carbonyl (C=O) groups is 1. The molecule has 1 aliphatic rings. The summed E-state index contributed by atoms with van der Waals surface area (Å²) in [5.74, 6) is 1.20. The van der Waals surface area contributed by atoms with Gasteiger partial charge in [0.05, 0.1) is 0 Å². The van der Waals surface area contributed by atoms with Crippen LogP contribution in [-0.4, -0.2) is 44.7 Å². The first-order valence-corrected chi connectivity index (χ1v) is 7.50. The maximum absolute atomic E-state index is 12.2. The summed E-state index contributed by atoms with van der Waals surface area (Å²) in [5.41, 5.74) is 0.858. The second-order valence-electron chi connectivity index (χ2n) is 5.88. The summed E-state index contributed by atoms with van der Waals surface area (Å²) >= 11 is 0. The van der Waals surface area contributed by atoms with E-state index in [2.05, 4.69) is 15.5 Å². The van der Waals surface area contributed by atoms with E-state index in [4.69, 9.17) is 0 Å². The van der Waals surface area contributed by atoms with Crippen molar-refractivity contribution in [1.82, 2.24) is 24.8 Å². The molecule has 0 bridgehead atoms. The second-order valence-corrected chi connectivity index (χ2v) is 5.88. The molecule has 0 unspecified atom stereocenters. The number of carbonyl (C=O) groups excluding carboxylic acids is 1. The first-order valence-electron chi connectivity index (χ1n) is 7.50. The van der Waals surface area contributed by atoms with Gasteiger partial charge in [0.15, 0.2) is 5.65 Å². The van der Waals surface area contributed by atoms with E-state index in [1.807, 2.05) is 47.5 Å². The molecule has 2 aromatic heterocycles. The summed E-state index contributed by atoms with van der Waals surface area (Å²) in [6.07, 6.45) is 4.02. The molecular formula is C15H21N5O. The Balaban J connectivity index is 1.78. The Labute approximate surface area is 124 Å². The van der Waals surface area contributed by atoms with Crippen LogP contribution >= 0.6 is 0 Å². The number of hydrogen-bond acceptors (Lipinski definition) is 3. The highest BCUT2D eigenvalue weighted by atomic mass is 16.2. The molecule has 1 aliphatic heterocycles. The van der Waals surface area contributed by atoms with Crippen molar-refractivity contribution in [3.8, 4) is 0 Å². The van der Waals surface area contributed by atoms with Crippen molar-refractivity contribution >= 4 is 11.7 Å². The lowest BCUT2D eigenvalue weighted by molar-refractivity contribution is 0.176. The lowest BCUT2D eigenvalue weighted by Crippen LogP contribution is -2.47. The topological polar surface area (TPSA) is 62.5 Å². The molecule has 1 fully saturated rings. The normalized spacial score (nSPS) is 19.2. The summed E-state index contributed by atoms with van der Waals surface area (Å²) in [5, 5.41) is 11.5. The van der Waals surface area contributed by atoms with Crippen molar-refractivity contribution in [2.24, 2.45) is 0 Å². The Morgan fingerprint density at radius 2 is 2.24 bits per heavy atom. The van der Waals surface area contributed by atoms with Gasteiger partial charge in [-0.25, -0.2) is 4.79 Å². The third-order valence-corrected chi connectivity index (χ3v) is 3.83. The molecule has 0 radical (unpaired) electrons. The number of amides is 2. The minimum atomic E-state index is 0.0171. The van der Waals surface area contributed by atoms with Crippen molar-refractivity contribution in [3.63, 3.8) is 0 Å². The molecule has 3 heterocycles. The van der Waals surface area contributed by atoms with Gasteiger partial charge in [0.25, 0.3) is 0 Å². The van der Waals surface area contributed by atoms with Crippen LogP contribution in [0.3, 0.4) is 0 Å². The lowest BCUT2D eigenvalue weighted by atomic mass is 9.97. The van der Waals surface area contributed by atoms with Crippen LogP contribution in [0.25, 0.3) is 5.65 Å². The van der Waals surface area contributed by atoms with Gasteiger partial charge in [-0.3, -0.25) is 4.40 Å². The van der Waals surface area contributed by atoms with Crippen LogP contribution in [0.4, 0.5) is 4.79 Å². The van der Waals surface area contributed by atoms with Gasteiger partial charge >= 0.3 is 6.03 Å². The third kappa shape index (κ3) is 2.84. The number of nitrogens with zero attached hydrogens (tertiary/aromatic N) is 4. The maximum Gasteiger partial charge on any atom is 0.317 e. The number of nitrogens with one attached hydrogen (secondary N) is 1. The van der Waals surface area contributed by atoms with Gasteiger partial charge in [-0.05, 0) is 38.8 Å². The highest BCUT2D eigenvalue weighted by molar-refractivity contribution is 5.74. The summed E-state index contributed by atoms with van der Waals surface area (Å²) in [6.45, 7) is 5.47. The molecule has 0 spiro atoms. The minimum absolute atomic E-state index is 0.0171. The standard InChI is InChI=1S/C15H21N5O/c1-11(2)16-15(21)19-8-5-6-12(10-19)14-18-17-13-7-3-4-9-20(13)14/h3-4,7,9,11-12H,5-6,8,10H2,1-2H3,(H,16,21)/t12-/m1/s1. The van der Waals surface area contributed by atoms with Crippen molar-refractivity contribution < 1.29 is 4.79 Å². The minimum Gasteiger partial charge on any atom is -0.336 e. The van der Waals surface area contributed by atoms with E-state index in [0.29, 0.717) is 6.54 Å². The largest absolute Gasteiger partial charge is 0.336 e. The Kier molecular flexibility index (Phi) is 3.77. The average molecular weight is 287 g/mol. The van der Waals surface area contributed by atoms with E-state index in [9.17, 15) is 4.79 Å². The predicted molar refractivity (Wildman–Crippen MR) is 80.2 cm³/mol. The first-order chi connectivity index (χ1) is 10.1. The van der Waals surface area contributed by atoms with Crippen molar-refractivity contribution in [1.29, 1.82) is 0 Å². The smallest absolute Gasteiger partial charge is 0.317 e. The molecule has 1 saturated heterocycles. The van der Waals surface area contributed by atoms with Crippen LogP contribution in [-0.2, 0) is 0 Å². The second kappa shape index (κ2) is 5.71. The van der Waals surface area contributed by atoms with E-state index in [-0.39, 0.29) is 18.0 Å². The van der Waals surface area contributed by atoms with Crippen molar-refractivity contribution in [2.45, 2.75) is 38.6 Å². The Morgan fingerprint density at radius 3 is 3.05 bits per heavy atom. The molecule has 2 amide bonds.